The van der Waals surface area contributed by atoms with Crippen LogP contribution in [0.15, 0.2) is 76.5 Å². The fourth-order valence-corrected chi connectivity index (χ4v) is 3.56. The first-order chi connectivity index (χ1) is 15.1. The molecule has 0 saturated heterocycles. The van der Waals surface area contributed by atoms with E-state index in [2.05, 4.69) is 20.3 Å². The number of pyridine rings is 3. The van der Waals surface area contributed by atoms with Gasteiger partial charge in [0.15, 0.2) is 0 Å². The van der Waals surface area contributed by atoms with Crippen molar-refractivity contribution < 1.29 is 4.42 Å². The number of oxazole rings is 1. The zero-order valence-electron chi connectivity index (χ0n) is 17.0. The number of hydrogen-bond acceptors (Lipinski definition) is 6. The molecular weight excluding hydrogens is 390 g/mol. The maximum Gasteiger partial charge on any atom is 0.259 e. The molecule has 7 nitrogen and oxygen atoms in total. The molecule has 152 valence electrons. The van der Waals surface area contributed by atoms with E-state index in [1.165, 1.54) is 0 Å². The van der Waals surface area contributed by atoms with Crippen LogP contribution in [-0.2, 0) is 0 Å². The van der Waals surface area contributed by atoms with Crippen LogP contribution in [0, 0.1) is 13.8 Å². The summed E-state index contributed by atoms with van der Waals surface area (Å²) in [5.74, 6) is 1.23. The van der Waals surface area contributed by atoms with E-state index >= 15 is 0 Å². The highest BCUT2D eigenvalue weighted by Gasteiger charge is 2.14. The van der Waals surface area contributed by atoms with Gasteiger partial charge in [0.05, 0.1) is 28.5 Å². The number of aromatic amines is 1. The van der Waals surface area contributed by atoms with Crippen molar-refractivity contribution in [2.75, 3.05) is 5.32 Å². The monoisotopic (exact) mass is 409 g/mol. The Labute approximate surface area is 177 Å². The molecule has 5 rings (SSSR count). The predicted octanol–water partition coefficient (Wildman–Crippen LogP) is 5.00. The highest BCUT2D eigenvalue weighted by atomic mass is 16.3. The summed E-state index contributed by atoms with van der Waals surface area (Å²) in [6.07, 6.45) is 6.56. The molecule has 0 atom stereocenters. The average molecular weight is 409 g/mol. The van der Waals surface area contributed by atoms with Gasteiger partial charge < -0.3 is 14.7 Å². The molecule has 0 fully saturated rings. The quantitative estimate of drug-likeness (QED) is 0.434. The van der Waals surface area contributed by atoms with E-state index in [9.17, 15) is 4.79 Å². The van der Waals surface area contributed by atoms with Gasteiger partial charge in [0.25, 0.3) is 5.56 Å². The van der Waals surface area contributed by atoms with Gasteiger partial charge in [0.1, 0.15) is 12.1 Å². The van der Waals surface area contributed by atoms with E-state index in [1.807, 2.05) is 50.2 Å². The summed E-state index contributed by atoms with van der Waals surface area (Å²) in [5, 5.41) is 3.77. The predicted molar refractivity (Wildman–Crippen MR) is 120 cm³/mol. The van der Waals surface area contributed by atoms with Gasteiger partial charge in [-0.1, -0.05) is 12.1 Å². The summed E-state index contributed by atoms with van der Waals surface area (Å²) in [6.45, 7) is 3.99. The van der Waals surface area contributed by atoms with Gasteiger partial charge in [-0.25, -0.2) is 15.0 Å². The van der Waals surface area contributed by atoms with Crippen LogP contribution < -0.4 is 10.9 Å². The molecule has 4 heterocycles. The molecule has 0 aliphatic heterocycles. The van der Waals surface area contributed by atoms with E-state index in [0.717, 1.165) is 27.9 Å². The van der Waals surface area contributed by atoms with E-state index in [-0.39, 0.29) is 5.56 Å². The van der Waals surface area contributed by atoms with E-state index in [4.69, 9.17) is 9.40 Å². The summed E-state index contributed by atoms with van der Waals surface area (Å²) in [7, 11) is 0. The number of fused-ring (bicyclic) bond motifs is 1. The van der Waals surface area contributed by atoms with Crippen LogP contribution >= 0.6 is 0 Å². The van der Waals surface area contributed by atoms with Crippen molar-refractivity contribution in [2.45, 2.75) is 13.8 Å². The topological polar surface area (TPSA) is 96.7 Å². The summed E-state index contributed by atoms with van der Waals surface area (Å²) in [6, 6.07) is 13.5. The second-order valence-electron chi connectivity index (χ2n) is 7.33. The summed E-state index contributed by atoms with van der Waals surface area (Å²) < 4.78 is 5.40. The second kappa shape index (κ2) is 7.53. The Bertz CT molecular complexity index is 1440. The number of aromatic nitrogens is 4. The Kier molecular flexibility index (Phi) is 4.55. The number of hydrogen-bond donors (Lipinski definition) is 2. The molecule has 4 aromatic heterocycles. The van der Waals surface area contributed by atoms with Crippen molar-refractivity contribution >= 4 is 22.4 Å². The molecule has 2 N–H and O–H groups in total. The molecule has 0 amide bonds. The summed E-state index contributed by atoms with van der Waals surface area (Å²) in [5.41, 5.74) is 5.73. The lowest BCUT2D eigenvalue weighted by Crippen LogP contribution is -2.09. The largest absolute Gasteiger partial charge is 0.445 e. The lowest BCUT2D eigenvalue weighted by molar-refractivity contribution is 0.574. The smallest absolute Gasteiger partial charge is 0.259 e. The van der Waals surface area contributed by atoms with E-state index in [0.29, 0.717) is 28.3 Å². The number of aryl methyl sites for hydroxylation is 2. The van der Waals surface area contributed by atoms with Crippen LogP contribution in [0.1, 0.15) is 11.1 Å². The van der Waals surface area contributed by atoms with E-state index in [1.54, 1.807) is 30.9 Å². The zero-order valence-corrected chi connectivity index (χ0v) is 17.0. The Balaban J connectivity index is 1.64. The molecule has 0 aliphatic rings. The lowest BCUT2D eigenvalue weighted by Gasteiger charge is -2.13. The lowest BCUT2D eigenvalue weighted by atomic mass is 10.0. The van der Waals surface area contributed by atoms with Crippen LogP contribution in [0.25, 0.3) is 33.6 Å². The minimum atomic E-state index is -0.206. The summed E-state index contributed by atoms with van der Waals surface area (Å²) in [4.78, 5) is 28.7. The first-order valence-corrected chi connectivity index (χ1v) is 9.81. The van der Waals surface area contributed by atoms with Crippen LogP contribution in [0.5, 0.6) is 0 Å². The standard InChI is InChI=1S/C24H19N5O2/c1-14-3-6-21(27-13-14)29-20-12-19(28-18-7-8-25-23(30)22(18)20)17-5-4-16(11-15(17)2)24-26-9-10-31-24/h3-13H,1-2H3,(H,25,30)(H,27,28,29). The van der Waals surface area contributed by atoms with Crippen LogP contribution in [0.2, 0.25) is 0 Å². The zero-order chi connectivity index (χ0) is 21.4. The molecule has 0 bridgehead atoms. The maximum atomic E-state index is 12.6. The second-order valence-corrected chi connectivity index (χ2v) is 7.33. The van der Waals surface area contributed by atoms with Gasteiger partial charge in [-0.15, -0.1) is 0 Å². The van der Waals surface area contributed by atoms with Crippen LogP contribution in [-0.4, -0.2) is 19.9 Å². The third-order valence-electron chi connectivity index (χ3n) is 5.09. The number of rotatable bonds is 4. The number of anilines is 2. The Hall–Kier alpha value is -4.26. The minimum Gasteiger partial charge on any atom is -0.445 e. The van der Waals surface area contributed by atoms with Gasteiger partial charge >= 0.3 is 0 Å². The highest BCUT2D eigenvalue weighted by molar-refractivity contribution is 5.94. The Morgan fingerprint density at radius 3 is 2.68 bits per heavy atom. The van der Waals surface area contributed by atoms with Gasteiger partial charge in [-0.05, 0) is 55.3 Å². The Morgan fingerprint density at radius 1 is 1.03 bits per heavy atom. The van der Waals surface area contributed by atoms with Gasteiger partial charge in [0.2, 0.25) is 5.89 Å². The first-order valence-electron chi connectivity index (χ1n) is 9.81. The molecule has 0 unspecified atom stereocenters. The molecule has 0 radical (unpaired) electrons. The average Bonchev–Trinajstić information content (AvgIpc) is 3.30. The van der Waals surface area contributed by atoms with Gasteiger partial charge in [-0.3, -0.25) is 4.79 Å². The van der Waals surface area contributed by atoms with Crippen LogP contribution in [0.3, 0.4) is 0 Å². The molecule has 5 aromatic rings. The summed E-state index contributed by atoms with van der Waals surface area (Å²) >= 11 is 0. The van der Waals surface area contributed by atoms with Gasteiger partial charge in [-0.2, -0.15) is 0 Å². The molecule has 31 heavy (non-hydrogen) atoms. The highest BCUT2D eigenvalue weighted by Crippen LogP contribution is 2.31. The molecule has 0 aliphatic carbocycles. The van der Waals surface area contributed by atoms with Crippen LogP contribution in [0.4, 0.5) is 11.5 Å². The molecule has 0 saturated carbocycles. The molecule has 7 heteroatoms. The normalized spacial score (nSPS) is 11.0. The SMILES string of the molecule is Cc1ccc(Nc2cc(-c3ccc(-c4ncco4)cc3C)nc3cc[nH]c(=O)c23)nc1. The maximum absolute atomic E-state index is 12.6. The third kappa shape index (κ3) is 3.57. The minimum absolute atomic E-state index is 0.206. The van der Waals surface area contributed by atoms with Crippen molar-refractivity contribution in [3.05, 3.63) is 88.8 Å². The first kappa shape index (κ1) is 18.7. The molecular formula is C24H19N5O2. The fraction of sp³-hybridized carbons (Fsp3) is 0.0833. The third-order valence-corrected chi connectivity index (χ3v) is 5.09. The number of nitrogens with zero attached hydrogens (tertiary/aromatic N) is 3. The van der Waals surface area contributed by atoms with E-state index < -0.39 is 0 Å². The number of benzene rings is 1. The number of nitrogens with one attached hydrogen (secondary N) is 2. The fourth-order valence-electron chi connectivity index (χ4n) is 3.56. The van der Waals surface area contributed by atoms with Crippen molar-refractivity contribution in [3.8, 4) is 22.7 Å². The van der Waals surface area contributed by atoms with Gasteiger partial charge in [0, 0.05) is 23.5 Å². The van der Waals surface area contributed by atoms with Crippen molar-refractivity contribution in [3.63, 3.8) is 0 Å². The molecule has 0 spiro atoms. The van der Waals surface area contributed by atoms with Crippen molar-refractivity contribution in [2.24, 2.45) is 0 Å². The molecule has 1 aromatic carbocycles. The van der Waals surface area contributed by atoms with Crippen molar-refractivity contribution in [1.29, 1.82) is 0 Å². The van der Waals surface area contributed by atoms with Crippen molar-refractivity contribution in [1.82, 2.24) is 19.9 Å². The number of H-pyrrole nitrogens is 1. The Morgan fingerprint density at radius 2 is 1.94 bits per heavy atom.